The number of allylic oxidation sites excluding steroid dienone is 1. The second-order valence-corrected chi connectivity index (χ2v) is 6.29. The number of nitrogens with one attached hydrogen (secondary N) is 2. The Morgan fingerprint density at radius 1 is 1.12 bits per heavy atom. The molecule has 0 aliphatic heterocycles. The van der Waals surface area contributed by atoms with Gasteiger partial charge in [0, 0.05) is 18.0 Å². The highest BCUT2D eigenvalue weighted by Gasteiger charge is 2.16. The van der Waals surface area contributed by atoms with Crippen LogP contribution in [0.5, 0.6) is 0 Å². The van der Waals surface area contributed by atoms with Gasteiger partial charge in [-0.15, -0.1) is 0 Å². The first kappa shape index (κ1) is 19.4. The molecule has 7 nitrogen and oxygen atoms in total. The number of hydrazine groups is 1. The first-order chi connectivity index (χ1) is 12.4. The van der Waals surface area contributed by atoms with Crippen LogP contribution in [0.2, 0.25) is 0 Å². The van der Waals surface area contributed by atoms with E-state index in [9.17, 15) is 14.4 Å². The largest absolute Gasteiger partial charge is 0.290 e. The molecule has 26 heavy (non-hydrogen) atoms. The molecule has 0 aliphatic rings. The Morgan fingerprint density at radius 3 is 2.46 bits per heavy atom. The van der Waals surface area contributed by atoms with Crippen molar-refractivity contribution in [1.82, 2.24) is 20.6 Å². The maximum Gasteiger partial charge on any atom is 0.290 e. The van der Waals surface area contributed by atoms with Crippen LogP contribution in [0.25, 0.3) is 10.8 Å². The molecule has 138 valence electrons. The van der Waals surface area contributed by atoms with E-state index in [1.54, 1.807) is 38.1 Å². The Morgan fingerprint density at radius 2 is 1.81 bits per heavy atom. The Balaban J connectivity index is 2.34. The summed E-state index contributed by atoms with van der Waals surface area (Å²) in [5.74, 6) is -1.00. The molecule has 0 atom stereocenters. The molecule has 7 heteroatoms. The van der Waals surface area contributed by atoms with Gasteiger partial charge in [-0.25, -0.2) is 4.68 Å². The van der Waals surface area contributed by atoms with Crippen molar-refractivity contribution >= 4 is 22.6 Å². The molecule has 0 bridgehead atoms. The summed E-state index contributed by atoms with van der Waals surface area (Å²) in [7, 11) is 0. The minimum absolute atomic E-state index is 0.106. The zero-order chi connectivity index (χ0) is 19.1. The molecule has 2 N–H and O–H groups in total. The summed E-state index contributed by atoms with van der Waals surface area (Å²) < 4.78 is 1.32. The van der Waals surface area contributed by atoms with Gasteiger partial charge in [-0.2, -0.15) is 5.10 Å². The number of benzene rings is 1. The van der Waals surface area contributed by atoms with E-state index in [1.165, 1.54) is 10.8 Å². The van der Waals surface area contributed by atoms with Gasteiger partial charge < -0.3 is 0 Å². The fraction of sp³-hybridized carbons (Fsp3) is 0.368. The average molecular weight is 356 g/mol. The highest BCUT2D eigenvalue weighted by atomic mass is 16.2. The minimum Gasteiger partial charge on any atom is -0.268 e. The van der Waals surface area contributed by atoms with Crippen molar-refractivity contribution in [2.75, 3.05) is 0 Å². The van der Waals surface area contributed by atoms with Gasteiger partial charge >= 0.3 is 0 Å². The molecule has 0 spiro atoms. The van der Waals surface area contributed by atoms with Crippen molar-refractivity contribution in [3.05, 3.63) is 52.0 Å². The molecule has 1 heterocycles. The number of aromatic nitrogens is 2. The third-order valence-electron chi connectivity index (χ3n) is 3.78. The SMILES string of the molecule is CCCCCn1nc(C(=O)NNC(=O)C=C(C)C)c2ccccc2c1=O. The lowest BCUT2D eigenvalue weighted by atomic mass is 10.1. The molecule has 0 fully saturated rings. The third kappa shape index (κ3) is 4.78. The molecule has 1 aromatic carbocycles. The number of aryl methyl sites for hydroxylation is 1. The second kappa shape index (κ2) is 8.94. The summed E-state index contributed by atoms with van der Waals surface area (Å²) in [6.45, 7) is 6.08. The van der Waals surface area contributed by atoms with E-state index >= 15 is 0 Å². The number of carbonyl (C=O) groups excluding carboxylic acids is 2. The topological polar surface area (TPSA) is 93.1 Å². The number of nitrogens with zero attached hydrogens (tertiary/aromatic N) is 2. The molecule has 2 amide bonds. The summed E-state index contributed by atoms with van der Waals surface area (Å²) in [4.78, 5) is 36.8. The van der Waals surface area contributed by atoms with Crippen LogP contribution in [0.1, 0.15) is 50.5 Å². The summed E-state index contributed by atoms with van der Waals surface area (Å²) >= 11 is 0. The maximum absolute atomic E-state index is 12.6. The highest BCUT2D eigenvalue weighted by molar-refractivity contribution is 6.05. The molecule has 0 saturated heterocycles. The van der Waals surface area contributed by atoms with Crippen LogP contribution >= 0.6 is 0 Å². The lowest BCUT2D eigenvalue weighted by molar-refractivity contribution is -0.117. The average Bonchev–Trinajstić information content (AvgIpc) is 2.61. The van der Waals surface area contributed by atoms with Gasteiger partial charge in [-0.1, -0.05) is 43.5 Å². The van der Waals surface area contributed by atoms with Crippen molar-refractivity contribution in [2.24, 2.45) is 0 Å². The Bertz CT molecular complexity index is 895. The van der Waals surface area contributed by atoms with Gasteiger partial charge in [0.1, 0.15) is 0 Å². The molecule has 0 unspecified atom stereocenters. The monoisotopic (exact) mass is 356 g/mol. The van der Waals surface area contributed by atoms with Crippen molar-refractivity contribution in [1.29, 1.82) is 0 Å². The van der Waals surface area contributed by atoms with Gasteiger partial charge in [-0.05, 0) is 26.3 Å². The van der Waals surface area contributed by atoms with E-state index < -0.39 is 11.8 Å². The van der Waals surface area contributed by atoms with Gasteiger partial charge in [0.05, 0.1) is 5.39 Å². The van der Waals surface area contributed by atoms with E-state index in [2.05, 4.69) is 22.9 Å². The van der Waals surface area contributed by atoms with Crippen LogP contribution < -0.4 is 16.4 Å². The number of fused-ring (bicyclic) bond motifs is 1. The Hall–Kier alpha value is -2.96. The van der Waals surface area contributed by atoms with Crippen molar-refractivity contribution in [2.45, 2.75) is 46.6 Å². The Kier molecular flexibility index (Phi) is 6.66. The standard InChI is InChI=1S/C19H24N4O3/c1-4-5-8-11-23-19(26)15-10-7-6-9-14(15)17(22-23)18(25)21-20-16(24)12-13(2)3/h6-7,9-10,12H,4-5,8,11H2,1-3H3,(H,20,24)(H,21,25). The molecular formula is C19H24N4O3. The fourth-order valence-electron chi connectivity index (χ4n) is 2.54. The van der Waals surface area contributed by atoms with E-state index in [-0.39, 0.29) is 11.3 Å². The summed E-state index contributed by atoms with van der Waals surface area (Å²) in [5.41, 5.74) is 5.37. The maximum atomic E-state index is 12.6. The summed E-state index contributed by atoms with van der Waals surface area (Å²) in [6.07, 6.45) is 4.17. The van der Waals surface area contributed by atoms with Gasteiger partial charge in [0.25, 0.3) is 17.4 Å². The van der Waals surface area contributed by atoms with Crippen molar-refractivity contribution < 1.29 is 9.59 Å². The molecule has 0 radical (unpaired) electrons. The normalized spacial score (nSPS) is 10.4. The van der Waals surface area contributed by atoms with Gasteiger partial charge in [-0.3, -0.25) is 25.2 Å². The van der Waals surface area contributed by atoms with E-state index in [0.29, 0.717) is 17.3 Å². The molecule has 0 aliphatic carbocycles. The molecule has 2 aromatic rings. The van der Waals surface area contributed by atoms with E-state index in [0.717, 1.165) is 24.8 Å². The predicted octanol–water partition coefficient (Wildman–Crippen LogP) is 2.31. The smallest absolute Gasteiger partial charge is 0.268 e. The molecule has 0 saturated carbocycles. The Labute approximate surface area is 152 Å². The van der Waals surface area contributed by atoms with Crippen molar-refractivity contribution in [3.63, 3.8) is 0 Å². The quantitative estimate of drug-likeness (QED) is 0.472. The minimum atomic E-state index is -0.569. The van der Waals surface area contributed by atoms with Crippen LogP contribution in [0.15, 0.2) is 40.7 Å². The van der Waals surface area contributed by atoms with Crippen LogP contribution in [0.4, 0.5) is 0 Å². The third-order valence-corrected chi connectivity index (χ3v) is 3.78. The van der Waals surface area contributed by atoms with Crippen LogP contribution in [0.3, 0.4) is 0 Å². The second-order valence-electron chi connectivity index (χ2n) is 6.29. The lowest BCUT2D eigenvalue weighted by Crippen LogP contribution is -2.42. The predicted molar refractivity (Wildman–Crippen MR) is 101 cm³/mol. The first-order valence-corrected chi connectivity index (χ1v) is 8.69. The zero-order valence-electron chi connectivity index (χ0n) is 15.3. The number of carbonyl (C=O) groups is 2. The van der Waals surface area contributed by atoms with Crippen LogP contribution in [-0.2, 0) is 11.3 Å². The molecule has 1 aromatic heterocycles. The summed E-state index contributed by atoms with van der Waals surface area (Å²) in [6, 6.07) is 6.84. The lowest BCUT2D eigenvalue weighted by Gasteiger charge is -2.11. The van der Waals surface area contributed by atoms with Crippen LogP contribution in [-0.4, -0.2) is 21.6 Å². The van der Waals surface area contributed by atoms with E-state index in [1.807, 2.05) is 0 Å². The zero-order valence-corrected chi connectivity index (χ0v) is 15.3. The number of amides is 2. The number of hydrogen-bond acceptors (Lipinski definition) is 4. The van der Waals surface area contributed by atoms with Gasteiger partial charge in [0.2, 0.25) is 0 Å². The van der Waals surface area contributed by atoms with Gasteiger partial charge in [0.15, 0.2) is 5.69 Å². The number of hydrogen-bond donors (Lipinski definition) is 2. The first-order valence-electron chi connectivity index (χ1n) is 8.69. The van der Waals surface area contributed by atoms with E-state index in [4.69, 9.17) is 0 Å². The van der Waals surface area contributed by atoms with Crippen LogP contribution in [0, 0.1) is 0 Å². The molecular weight excluding hydrogens is 332 g/mol. The summed E-state index contributed by atoms with van der Waals surface area (Å²) in [5, 5.41) is 5.12. The fourth-order valence-corrected chi connectivity index (χ4v) is 2.54. The van der Waals surface area contributed by atoms with Crippen molar-refractivity contribution in [3.8, 4) is 0 Å². The molecule has 2 rings (SSSR count). The highest BCUT2D eigenvalue weighted by Crippen LogP contribution is 2.13. The number of rotatable bonds is 6. The number of unbranched alkanes of at least 4 members (excludes halogenated alkanes) is 2.